The molecule has 0 saturated heterocycles. The summed E-state index contributed by atoms with van der Waals surface area (Å²) in [4.78, 5) is 12.3. The highest BCUT2D eigenvalue weighted by molar-refractivity contribution is 5.91. The quantitative estimate of drug-likeness (QED) is 0.876. The molecule has 1 aromatic carbocycles. The third kappa shape index (κ3) is 2.34. The van der Waals surface area contributed by atoms with Crippen molar-refractivity contribution in [1.82, 2.24) is 5.32 Å². The molecule has 0 spiro atoms. The fourth-order valence-electron chi connectivity index (χ4n) is 2.47. The number of amides is 1. The largest absolute Gasteiger partial charge is 0.467 e. The Bertz CT molecular complexity index is 573. The summed E-state index contributed by atoms with van der Waals surface area (Å²) < 4.78 is 5.11. The lowest BCUT2D eigenvalue weighted by Gasteiger charge is -2.17. The molecule has 1 aliphatic rings. The van der Waals surface area contributed by atoms with Gasteiger partial charge in [-0.25, -0.2) is 0 Å². The van der Waals surface area contributed by atoms with Crippen LogP contribution < -0.4 is 5.32 Å². The van der Waals surface area contributed by atoms with Gasteiger partial charge in [-0.3, -0.25) is 4.79 Å². The van der Waals surface area contributed by atoms with Crippen LogP contribution in [0, 0.1) is 0 Å². The molecule has 0 aliphatic heterocycles. The van der Waals surface area contributed by atoms with E-state index in [0.29, 0.717) is 5.76 Å². The van der Waals surface area contributed by atoms with Gasteiger partial charge in [-0.1, -0.05) is 30.3 Å². The first-order valence-electron chi connectivity index (χ1n) is 6.78. The van der Waals surface area contributed by atoms with Crippen LogP contribution in [0.15, 0.2) is 53.1 Å². The molecule has 1 heterocycles. The summed E-state index contributed by atoms with van der Waals surface area (Å²) >= 11 is 0. The van der Waals surface area contributed by atoms with Crippen LogP contribution in [0.25, 0.3) is 0 Å². The number of nitrogens with one attached hydrogen (secondary N) is 1. The van der Waals surface area contributed by atoms with E-state index < -0.39 is 11.5 Å². The Hall–Kier alpha value is -2.07. The van der Waals surface area contributed by atoms with Crippen LogP contribution in [0.5, 0.6) is 0 Å². The van der Waals surface area contributed by atoms with E-state index in [4.69, 9.17) is 4.42 Å². The first-order valence-corrected chi connectivity index (χ1v) is 6.78. The number of hydrogen-bond donors (Lipinski definition) is 2. The maximum atomic E-state index is 12.3. The predicted molar refractivity (Wildman–Crippen MR) is 74.0 cm³/mol. The first-order chi connectivity index (χ1) is 9.72. The molecule has 1 fully saturated rings. The van der Waals surface area contributed by atoms with Crippen LogP contribution in [0.3, 0.4) is 0 Å². The number of carbonyl (C=O) groups is 1. The third-order valence-electron chi connectivity index (χ3n) is 3.84. The van der Waals surface area contributed by atoms with Crippen molar-refractivity contribution in [3.05, 3.63) is 60.1 Å². The zero-order valence-corrected chi connectivity index (χ0v) is 11.1. The lowest BCUT2D eigenvalue weighted by atomic mass is 9.95. The molecule has 0 radical (unpaired) electrons. The molecule has 1 aliphatic carbocycles. The van der Waals surface area contributed by atoms with E-state index in [2.05, 4.69) is 5.32 Å². The van der Waals surface area contributed by atoms with Gasteiger partial charge in [-0.05, 0) is 30.5 Å². The maximum absolute atomic E-state index is 12.3. The van der Waals surface area contributed by atoms with Gasteiger partial charge in [0, 0.05) is 0 Å². The van der Waals surface area contributed by atoms with Crippen molar-refractivity contribution in [3.8, 4) is 0 Å². The van der Waals surface area contributed by atoms with E-state index in [9.17, 15) is 9.90 Å². The fraction of sp³-hybridized carbons (Fsp3) is 0.312. The first kappa shape index (κ1) is 12.9. The molecule has 1 unspecified atom stereocenters. The highest BCUT2D eigenvalue weighted by Gasteiger charge is 2.51. The lowest BCUT2D eigenvalue weighted by Crippen LogP contribution is -2.37. The Kier molecular flexibility index (Phi) is 3.32. The number of rotatable bonds is 5. The SMILES string of the molecule is O=C(NCC(O)c1ccco1)C1(c2ccccc2)CC1. The highest BCUT2D eigenvalue weighted by atomic mass is 16.4. The number of hydrogen-bond acceptors (Lipinski definition) is 3. The molecule has 1 aromatic heterocycles. The molecule has 20 heavy (non-hydrogen) atoms. The number of carbonyl (C=O) groups excluding carboxylic acids is 1. The van der Waals surface area contributed by atoms with Crippen molar-refractivity contribution in [2.24, 2.45) is 0 Å². The van der Waals surface area contributed by atoms with E-state index in [1.807, 2.05) is 30.3 Å². The zero-order valence-electron chi connectivity index (χ0n) is 11.1. The number of aliphatic hydroxyl groups is 1. The van der Waals surface area contributed by atoms with Gasteiger partial charge in [0.2, 0.25) is 5.91 Å². The molecule has 4 nitrogen and oxygen atoms in total. The van der Waals surface area contributed by atoms with Gasteiger partial charge < -0.3 is 14.8 Å². The molecule has 2 aromatic rings. The molecular formula is C16H17NO3. The fourth-order valence-corrected chi connectivity index (χ4v) is 2.47. The van der Waals surface area contributed by atoms with Gasteiger partial charge >= 0.3 is 0 Å². The normalized spacial score (nSPS) is 17.4. The minimum Gasteiger partial charge on any atom is -0.467 e. The summed E-state index contributed by atoms with van der Waals surface area (Å²) in [6, 6.07) is 13.2. The van der Waals surface area contributed by atoms with Crippen molar-refractivity contribution in [2.75, 3.05) is 6.54 Å². The summed E-state index contributed by atoms with van der Waals surface area (Å²) in [5.74, 6) is 0.448. The molecular weight excluding hydrogens is 254 g/mol. The Morgan fingerprint density at radius 3 is 2.60 bits per heavy atom. The Balaban J connectivity index is 1.63. The summed E-state index contributed by atoms with van der Waals surface area (Å²) in [5.41, 5.74) is 0.648. The van der Waals surface area contributed by atoms with E-state index in [1.54, 1.807) is 12.1 Å². The zero-order chi connectivity index (χ0) is 14.0. The second-order valence-electron chi connectivity index (χ2n) is 5.19. The molecule has 3 rings (SSSR count). The number of benzene rings is 1. The average Bonchev–Trinajstić information content (AvgIpc) is 3.12. The smallest absolute Gasteiger partial charge is 0.230 e. The van der Waals surface area contributed by atoms with Crippen LogP contribution in [0.2, 0.25) is 0 Å². The molecule has 2 N–H and O–H groups in total. The number of furan rings is 1. The van der Waals surface area contributed by atoms with Gasteiger partial charge in [0.1, 0.15) is 11.9 Å². The van der Waals surface area contributed by atoms with Crippen molar-refractivity contribution < 1.29 is 14.3 Å². The summed E-state index contributed by atoms with van der Waals surface area (Å²) in [6.45, 7) is 0.168. The van der Waals surface area contributed by atoms with Crippen LogP contribution in [-0.2, 0) is 10.2 Å². The third-order valence-corrected chi connectivity index (χ3v) is 3.84. The van der Waals surface area contributed by atoms with Crippen LogP contribution in [-0.4, -0.2) is 17.6 Å². The monoisotopic (exact) mass is 271 g/mol. The van der Waals surface area contributed by atoms with E-state index in [-0.39, 0.29) is 12.5 Å². The molecule has 1 atom stereocenters. The summed E-state index contributed by atoms with van der Waals surface area (Å²) in [6.07, 6.45) is 2.42. The molecule has 1 saturated carbocycles. The highest BCUT2D eigenvalue weighted by Crippen LogP contribution is 2.48. The Morgan fingerprint density at radius 1 is 1.25 bits per heavy atom. The van der Waals surface area contributed by atoms with Gasteiger partial charge in [0.25, 0.3) is 0 Å². The average molecular weight is 271 g/mol. The van der Waals surface area contributed by atoms with Crippen LogP contribution in [0.1, 0.15) is 30.3 Å². The van der Waals surface area contributed by atoms with E-state index >= 15 is 0 Å². The van der Waals surface area contributed by atoms with Crippen molar-refractivity contribution in [2.45, 2.75) is 24.4 Å². The van der Waals surface area contributed by atoms with E-state index in [0.717, 1.165) is 18.4 Å². The molecule has 1 amide bonds. The van der Waals surface area contributed by atoms with Gasteiger partial charge in [0.15, 0.2) is 0 Å². The number of aliphatic hydroxyl groups excluding tert-OH is 1. The van der Waals surface area contributed by atoms with Crippen molar-refractivity contribution in [3.63, 3.8) is 0 Å². The predicted octanol–water partition coefficient (Wildman–Crippen LogP) is 2.16. The van der Waals surface area contributed by atoms with Crippen LogP contribution in [0.4, 0.5) is 0 Å². The second-order valence-corrected chi connectivity index (χ2v) is 5.19. The standard InChI is InChI=1S/C16H17NO3/c18-13(14-7-4-10-20-14)11-17-15(19)16(8-9-16)12-5-2-1-3-6-12/h1-7,10,13,18H,8-9,11H2,(H,17,19). The van der Waals surface area contributed by atoms with Crippen molar-refractivity contribution >= 4 is 5.91 Å². The van der Waals surface area contributed by atoms with Crippen LogP contribution >= 0.6 is 0 Å². The van der Waals surface area contributed by atoms with E-state index in [1.165, 1.54) is 6.26 Å². The topological polar surface area (TPSA) is 62.5 Å². The van der Waals surface area contributed by atoms with Gasteiger partial charge in [0.05, 0.1) is 18.2 Å². The minimum absolute atomic E-state index is 0.0192. The summed E-state index contributed by atoms with van der Waals surface area (Å²) in [5, 5.41) is 12.7. The molecule has 4 heteroatoms. The van der Waals surface area contributed by atoms with Gasteiger partial charge in [-0.15, -0.1) is 0 Å². The van der Waals surface area contributed by atoms with Gasteiger partial charge in [-0.2, -0.15) is 0 Å². The summed E-state index contributed by atoms with van der Waals surface area (Å²) in [7, 11) is 0. The Labute approximate surface area is 117 Å². The molecule has 0 bridgehead atoms. The second kappa shape index (κ2) is 5.13. The lowest BCUT2D eigenvalue weighted by molar-refractivity contribution is -0.124. The minimum atomic E-state index is -0.805. The Morgan fingerprint density at radius 2 is 2.00 bits per heavy atom. The maximum Gasteiger partial charge on any atom is 0.230 e. The molecule has 104 valence electrons. The van der Waals surface area contributed by atoms with Crippen molar-refractivity contribution in [1.29, 1.82) is 0 Å².